The smallest absolute Gasteiger partial charge is 0.252 e. The summed E-state index contributed by atoms with van der Waals surface area (Å²) in [5, 5.41) is 24.6. The molecular formula is C15H24N2O3. The molecule has 1 amide bonds. The molecule has 1 aromatic carbocycles. The van der Waals surface area contributed by atoms with Gasteiger partial charge in [-0.15, -0.1) is 0 Å². The minimum atomic E-state index is -0.965. The molecule has 0 aliphatic carbocycles. The highest BCUT2D eigenvalue weighted by Gasteiger charge is 2.29. The second-order valence-electron chi connectivity index (χ2n) is 4.91. The van der Waals surface area contributed by atoms with E-state index in [1.165, 1.54) is 0 Å². The molecule has 20 heavy (non-hydrogen) atoms. The molecule has 0 atom stereocenters. The highest BCUT2D eigenvalue weighted by atomic mass is 16.3. The SMILES string of the molecule is CCC(CO)(CO)NC(=O)c1ccccc1CCNC. The summed E-state index contributed by atoms with van der Waals surface area (Å²) in [6.07, 6.45) is 1.21. The normalized spacial score (nSPS) is 11.4. The number of benzene rings is 1. The second-order valence-corrected chi connectivity index (χ2v) is 4.91. The molecule has 0 aliphatic rings. The van der Waals surface area contributed by atoms with Crippen molar-refractivity contribution in [3.05, 3.63) is 35.4 Å². The summed E-state index contributed by atoms with van der Waals surface area (Å²) in [6, 6.07) is 7.38. The summed E-state index contributed by atoms with van der Waals surface area (Å²) >= 11 is 0. The van der Waals surface area contributed by atoms with E-state index in [9.17, 15) is 15.0 Å². The Hall–Kier alpha value is -1.43. The Kier molecular flexibility index (Phi) is 6.64. The first-order chi connectivity index (χ1) is 9.62. The van der Waals surface area contributed by atoms with Crippen molar-refractivity contribution in [3.8, 4) is 0 Å². The fourth-order valence-corrected chi connectivity index (χ4v) is 1.97. The zero-order valence-corrected chi connectivity index (χ0v) is 12.1. The maximum atomic E-state index is 12.4. The highest BCUT2D eigenvalue weighted by molar-refractivity contribution is 5.96. The molecule has 0 spiro atoms. The third-order valence-corrected chi connectivity index (χ3v) is 3.57. The van der Waals surface area contributed by atoms with Crippen LogP contribution in [0.3, 0.4) is 0 Å². The molecule has 0 aliphatic heterocycles. The van der Waals surface area contributed by atoms with Gasteiger partial charge in [-0.2, -0.15) is 0 Å². The summed E-state index contributed by atoms with van der Waals surface area (Å²) in [4.78, 5) is 12.4. The van der Waals surface area contributed by atoms with E-state index >= 15 is 0 Å². The molecule has 0 saturated carbocycles. The average Bonchev–Trinajstić information content (AvgIpc) is 2.51. The third-order valence-electron chi connectivity index (χ3n) is 3.57. The number of amides is 1. The largest absolute Gasteiger partial charge is 0.394 e. The summed E-state index contributed by atoms with van der Waals surface area (Å²) < 4.78 is 0. The van der Waals surface area contributed by atoms with Gasteiger partial charge in [0.1, 0.15) is 0 Å². The molecule has 1 rings (SSSR count). The molecule has 0 fully saturated rings. The van der Waals surface area contributed by atoms with Crippen LogP contribution in [0.15, 0.2) is 24.3 Å². The first-order valence-electron chi connectivity index (χ1n) is 6.89. The van der Waals surface area contributed by atoms with Crippen LogP contribution in [-0.4, -0.2) is 48.5 Å². The Morgan fingerprint density at radius 3 is 2.45 bits per heavy atom. The van der Waals surface area contributed by atoms with Gasteiger partial charge in [0.25, 0.3) is 5.91 Å². The van der Waals surface area contributed by atoms with Gasteiger partial charge in [-0.3, -0.25) is 4.79 Å². The summed E-state index contributed by atoms with van der Waals surface area (Å²) in [5.74, 6) is -0.262. The lowest BCUT2D eigenvalue weighted by Crippen LogP contribution is -2.54. The van der Waals surface area contributed by atoms with Crippen LogP contribution in [0.1, 0.15) is 29.3 Å². The van der Waals surface area contributed by atoms with Crippen molar-refractivity contribution in [3.63, 3.8) is 0 Å². The maximum Gasteiger partial charge on any atom is 0.252 e. The number of aliphatic hydroxyl groups is 2. The van der Waals surface area contributed by atoms with Crippen molar-refractivity contribution in [1.82, 2.24) is 10.6 Å². The number of carbonyl (C=O) groups excluding carboxylic acids is 1. The first kappa shape index (κ1) is 16.6. The van der Waals surface area contributed by atoms with Crippen molar-refractivity contribution < 1.29 is 15.0 Å². The van der Waals surface area contributed by atoms with E-state index in [1.54, 1.807) is 6.07 Å². The molecular weight excluding hydrogens is 256 g/mol. The summed E-state index contributed by atoms with van der Waals surface area (Å²) in [7, 11) is 1.86. The van der Waals surface area contributed by atoms with Gasteiger partial charge in [-0.1, -0.05) is 25.1 Å². The highest BCUT2D eigenvalue weighted by Crippen LogP contribution is 2.14. The lowest BCUT2D eigenvalue weighted by atomic mass is 9.96. The number of hydrogen-bond acceptors (Lipinski definition) is 4. The van der Waals surface area contributed by atoms with Crippen molar-refractivity contribution >= 4 is 5.91 Å². The number of hydrogen-bond donors (Lipinski definition) is 4. The first-order valence-corrected chi connectivity index (χ1v) is 6.89. The van der Waals surface area contributed by atoms with E-state index in [2.05, 4.69) is 10.6 Å². The maximum absolute atomic E-state index is 12.4. The Morgan fingerprint density at radius 2 is 1.90 bits per heavy atom. The van der Waals surface area contributed by atoms with E-state index in [-0.39, 0.29) is 19.1 Å². The monoisotopic (exact) mass is 280 g/mol. The van der Waals surface area contributed by atoms with Crippen LogP contribution in [0.5, 0.6) is 0 Å². The zero-order valence-electron chi connectivity index (χ0n) is 12.1. The van der Waals surface area contributed by atoms with Crippen LogP contribution >= 0.6 is 0 Å². The van der Waals surface area contributed by atoms with E-state index < -0.39 is 5.54 Å². The fourth-order valence-electron chi connectivity index (χ4n) is 1.97. The van der Waals surface area contributed by atoms with Crippen LogP contribution in [0.2, 0.25) is 0 Å². The lowest BCUT2D eigenvalue weighted by molar-refractivity contribution is 0.0652. The molecule has 1 aromatic rings. The minimum absolute atomic E-state index is 0.262. The minimum Gasteiger partial charge on any atom is -0.394 e. The van der Waals surface area contributed by atoms with Crippen molar-refractivity contribution in [2.24, 2.45) is 0 Å². The predicted molar refractivity (Wildman–Crippen MR) is 78.7 cm³/mol. The Labute approximate surface area is 120 Å². The Bertz CT molecular complexity index is 423. The van der Waals surface area contributed by atoms with Gasteiger partial charge >= 0.3 is 0 Å². The second kappa shape index (κ2) is 7.99. The van der Waals surface area contributed by atoms with Crippen molar-refractivity contribution in [2.45, 2.75) is 25.3 Å². The van der Waals surface area contributed by atoms with E-state index in [4.69, 9.17) is 0 Å². The number of rotatable bonds is 8. The molecule has 0 saturated heterocycles. The van der Waals surface area contributed by atoms with Crippen molar-refractivity contribution in [1.29, 1.82) is 0 Å². The van der Waals surface area contributed by atoms with E-state index in [1.807, 2.05) is 32.2 Å². The molecule has 4 N–H and O–H groups in total. The molecule has 0 radical (unpaired) electrons. The quantitative estimate of drug-likeness (QED) is 0.552. The molecule has 5 heteroatoms. The van der Waals surface area contributed by atoms with E-state index in [0.29, 0.717) is 12.0 Å². The summed E-state index contributed by atoms with van der Waals surface area (Å²) in [5.41, 5.74) is 0.565. The Balaban J connectivity index is 2.91. The van der Waals surface area contributed by atoms with Gasteiger partial charge in [0.15, 0.2) is 0 Å². The number of nitrogens with one attached hydrogen (secondary N) is 2. The van der Waals surface area contributed by atoms with E-state index in [0.717, 1.165) is 18.5 Å². The van der Waals surface area contributed by atoms with Crippen LogP contribution < -0.4 is 10.6 Å². The van der Waals surface area contributed by atoms with Crippen LogP contribution in [0.4, 0.5) is 0 Å². The van der Waals surface area contributed by atoms with Gasteiger partial charge in [0, 0.05) is 5.56 Å². The Morgan fingerprint density at radius 1 is 1.25 bits per heavy atom. The van der Waals surface area contributed by atoms with Gasteiger partial charge in [-0.05, 0) is 38.1 Å². The topological polar surface area (TPSA) is 81.6 Å². The lowest BCUT2D eigenvalue weighted by Gasteiger charge is -2.30. The average molecular weight is 280 g/mol. The molecule has 0 unspecified atom stereocenters. The summed E-state index contributed by atoms with van der Waals surface area (Å²) in [6.45, 7) is 2.03. The molecule has 0 bridgehead atoms. The zero-order chi connectivity index (χ0) is 15.0. The number of aliphatic hydroxyl groups excluding tert-OH is 2. The molecule has 0 aromatic heterocycles. The fraction of sp³-hybridized carbons (Fsp3) is 0.533. The van der Waals surface area contributed by atoms with Crippen LogP contribution in [0, 0.1) is 0 Å². The van der Waals surface area contributed by atoms with Gasteiger partial charge in [0.05, 0.1) is 18.8 Å². The van der Waals surface area contributed by atoms with Crippen molar-refractivity contribution in [2.75, 3.05) is 26.8 Å². The third kappa shape index (κ3) is 4.03. The molecule has 5 nitrogen and oxygen atoms in total. The number of likely N-dealkylation sites (N-methyl/N-ethyl adjacent to an activating group) is 1. The van der Waals surface area contributed by atoms with Crippen LogP contribution in [0.25, 0.3) is 0 Å². The van der Waals surface area contributed by atoms with Crippen LogP contribution in [-0.2, 0) is 6.42 Å². The predicted octanol–water partition coefficient (Wildman–Crippen LogP) is 0.312. The number of carbonyl (C=O) groups is 1. The van der Waals surface area contributed by atoms with Gasteiger partial charge in [-0.25, -0.2) is 0 Å². The molecule has 112 valence electrons. The molecule has 0 heterocycles. The standard InChI is InChI=1S/C15H24N2O3/c1-3-15(10-18,11-19)17-14(20)13-7-5-4-6-12(13)8-9-16-2/h4-7,16,18-19H,3,8-11H2,1-2H3,(H,17,20). The van der Waals surface area contributed by atoms with Gasteiger partial charge in [0.2, 0.25) is 0 Å². The van der Waals surface area contributed by atoms with Gasteiger partial charge < -0.3 is 20.8 Å².